The molecule has 1 aromatic carbocycles. The fourth-order valence-corrected chi connectivity index (χ4v) is 4.05. The zero-order valence-corrected chi connectivity index (χ0v) is 13.8. The van der Waals surface area contributed by atoms with E-state index in [1.165, 1.54) is 33.4 Å². The summed E-state index contributed by atoms with van der Waals surface area (Å²) in [5.74, 6) is -0.250. The predicted molar refractivity (Wildman–Crippen MR) is 93.4 cm³/mol. The monoisotopic (exact) mass is 340 g/mol. The zero-order valence-electron chi connectivity index (χ0n) is 13.0. The fourth-order valence-electron chi connectivity index (χ4n) is 2.99. The molecule has 7 heteroatoms. The largest absolute Gasteiger partial charge is 0.300 e. The summed E-state index contributed by atoms with van der Waals surface area (Å²) in [7, 11) is 0. The molecule has 0 saturated heterocycles. The van der Waals surface area contributed by atoms with Gasteiger partial charge in [0.2, 0.25) is 5.91 Å². The third kappa shape index (κ3) is 2.82. The van der Waals surface area contributed by atoms with E-state index >= 15 is 0 Å². The lowest BCUT2D eigenvalue weighted by molar-refractivity contribution is -0.116. The van der Waals surface area contributed by atoms with E-state index in [0.29, 0.717) is 16.2 Å². The highest BCUT2D eigenvalue weighted by molar-refractivity contribution is 7.15. The molecule has 2 aromatic heterocycles. The third-order valence-electron chi connectivity index (χ3n) is 4.15. The maximum atomic E-state index is 12.4. The van der Waals surface area contributed by atoms with Gasteiger partial charge in [-0.3, -0.25) is 14.2 Å². The number of aryl methyl sites for hydroxylation is 2. The molecule has 0 spiro atoms. The number of nitrogens with one attached hydrogen (secondary N) is 1. The van der Waals surface area contributed by atoms with Crippen LogP contribution in [0, 0.1) is 0 Å². The van der Waals surface area contributed by atoms with Gasteiger partial charge in [-0.1, -0.05) is 12.1 Å². The molecule has 3 aromatic rings. The minimum absolute atomic E-state index is 0.0495. The molecule has 4 rings (SSSR count). The first-order valence-corrected chi connectivity index (χ1v) is 8.75. The number of hydrogen-bond donors (Lipinski definition) is 1. The van der Waals surface area contributed by atoms with Gasteiger partial charge in [0.25, 0.3) is 5.56 Å². The van der Waals surface area contributed by atoms with E-state index < -0.39 is 0 Å². The summed E-state index contributed by atoms with van der Waals surface area (Å²) in [4.78, 5) is 34.3. The van der Waals surface area contributed by atoms with Crippen molar-refractivity contribution in [1.82, 2.24) is 14.5 Å². The van der Waals surface area contributed by atoms with Crippen LogP contribution < -0.4 is 10.9 Å². The van der Waals surface area contributed by atoms with Crippen molar-refractivity contribution in [1.29, 1.82) is 0 Å². The highest BCUT2D eigenvalue weighted by atomic mass is 32.1. The number of nitrogens with zero attached hydrogens (tertiary/aromatic N) is 3. The summed E-state index contributed by atoms with van der Waals surface area (Å²) in [6, 6.07) is 7.29. The van der Waals surface area contributed by atoms with E-state index in [-0.39, 0.29) is 18.0 Å². The number of aromatic nitrogens is 3. The number of carbonyl (C=O) groups excluding carboxylic acids is 1. The van der Waals surface area contributed by atoms with E-state index in [9.17, 15) is 9.59 Å². The molecule has 1 aliphatic rings. The Morgan fingerprint density at radius 3 is 2.96 bits per heavy atom. The molecule has 122 valence electrons. The minimum Gasteiger partial charge on any atom is -0.300 e. The number of benzene rings is 1. The van der Waals surface area contributed by atoms with Crippen molar-refractivity contribution in [2.45, 2.75) is 32.2 Å². The topological polar surface area (TPSA) is 76.9 Å². The van der Waals surface area contributed by atoms with Crippen molar-refractivity contribution >= 4 is 33.4 Å². The second-order valence-corrected chi connectivity index (χ2v) is 6.90. The second-order valence-electron chi connectivity index (χ2n) is 5.82. The number of fused-ring (bicyclic) bond motifs is 2. The van der Waals surface area contributed by atoms with Crippen molar-refractivity contribution in [3.05, 3.63) is 51.4 Å². The first-order chi connectivity index (χ1) is 11.7. The SMILES string of the molecule is O=C(Cn1c(=O)cnc2ccccc21)Nc1nc2c(s1)CCCC2. The first-order valence-electron chi connectivity index (χ1n) is 7.94. The molecular formula is C17H16N4O2S. The zero-order chi connectivity index (χ0) is 16.5. The van der Waals surface area contributed by atoms with Crippen LogP contribution in [-0.4, -0.2) is 20.4 Å². The molecule has 0 saturated carbocycles. The van der Waals surface area contributed by atoms with Crippen LogP contribution >= 0.6 is 11.3 Å². The molecular weight excluding hydrogens is 324 g/mol. The summed E-state index contributed by atoms with van der Waals surface area (Å²) >= 11 is 1.54. The molecule has 24 heavy (non-hydrogen) atoms. The van der Waals surface area contributed by atoms with Crippen LogP contribution in [0.25, 0.3) is 11.0 Å². The van der Waals surface area contributed by atoms with Gasteiger partial charge in [0.1, 0.15) is 6.54 Å². The maximum Gasteiger partial charge on any atom is 0.269 e. The summed E-state index contributed by atoms with van der Waals surface area (Å²) in [5, 5.41) is 3.45. The summed E-state index contributed by atoms with van der Waals surface area (Å²) in [6.45, 7) is -0.0495. The fraction of sp³-hybridized carbons (Fsp3) is 0.294. The van der Waals surface area contributed by atoms with Gasteiger partial charge in [-0.15, -0.1) is 11.3 Å². The van der Waals surface area contributed by atoms with E-state index in [1.54, 1.807) is 6.07 Å². The van der Waals surface area contributed by atoms with Crippen LogP contribution in [0.15, 0.2) is 35.3 Å². The maximum absolute atomic E-state index is 12.4. The molecule has 6 nitrogen and oxygen atoms in total. The standard InChI is InChI=1S/C17H16N4O2S/c22-15(20-17-19-12-6-2-4-8-14(12)24-17)10-21-13-7-3-1-5-11(13)18-9-16(21)23/h1,3,5,7,9H,2,4,6,8,10H2,(H,19,20,22). The predicted octanol–water partition coefficient (Wildman–Crippen LogP) is 2.37. The van der Waals surface area contributed by atoms with Gasteiger partial charge in [-0.2, -0.15) is 0 Å². The van der Waals surface area contributed by atoms with Gasteiger partial charge in [-0.25, -0.2) is 9.97 Å². The molecule has 1 N–H and O–H groups in total. The smallest absolute Gasteiger partial charge is 0.269 e. The van der Waals surface area contributed by atoms with Gasteiger partial charge in [0, 0.05) is 4.88 Å². The number of para-hydroxylation sites is 2. The van der Waals surface area contributed by atoms with Crippen LogP contribution in [0.1, 0.15) is 23.4 Å². The van der Waals surface area contributed by atoms with E-state index in [1.807, 2.05) is 18.2 Å². The average molecular weight is 340 g/mol. The number of amides is 1. The lowest BCUT2D eigenvalue weighted by Gasteiger charge is -2.08. The Balaban J connectivity index is 1.57. The molecule has 0 atom stereocenters. The van der Waals surface area contributed by atoms with Crippen LogP contribution in [0.5, 0.6) is 0 Å². The number of carbonyl (C=O) groups is 1. The molecule has 0 aliphatic heterocycles. The Bertz CT molecular complexity index is 953. The molecule has 0 fully saturated rings. The van der Waals surface area contributed by atoms with Crippen molar-refractivity contribution in [3.8, 4) is 0 Å². The van der Waals surface area contributed by atoms with Crippen molar-refractivity contribution in [3.63, 3.8) is 0 Å². The van der Waals surface area contributed by atoms with Gasteiger partial charge in [0.15, 0.2) is 5.13 Å². The van der Waals surface area contributed by atoms with E-state index in [2.05, 4.69) is 15.3 Å². The van der Waals surface area contributed by atoms with Crippen molar-refractivity contribution in [2.24, 2.45) is 0 Å². The number of anilines is 1. The molecule has 0 bridgehead atoms. The van der Waals surface area contributed by atoms with Gasteiger partial charge in [0.05, 0.1) is 22.9 Å². The summed E-state index contributed by atoms with van der Waals surface area (Å²) in [6.07, 6.45) is 5.61. The lowest BCUT2D eigenvalue weighted by Crippen LogP contribution is -2.27. The Hall–Kier alpha value is -2.54. The van der Waals surface area contributed by atoms with Gasteiger partial charge < -0.3 is 5.32 Å². The summed E-state index contributed by atoms with van der Waals surface area (Å²) < 4.78 is 1.44. The normalized spacial score (nSPS) is 13.7. The van der Waals surface area contributed by atoms with E-state index in [4.69, 9.17) is 0 Å². The Morgan fingerprint density at radius 2 is 2.08 bits per heavy atom. The average Bonchev–Trinajstić information content (AvgIpc) is 2.99. The highest BCUT2D eigenvalue weighted by Gasteiger charge is 2.17. The van der Waals surface area contributed by atoms with Gasteiger partial charge >= 0.3 is 0 Å². The molecule has 1 aliphatic carbocycles. The molecule has 0 radical (unpaired) electrons. The first kappa shape index (κ1) is 15.0. The third-order valence-corrected chi connectivity index (χ3v) is 5.22. The number of hydrogen-bond acceptors (Lipinski definition) is 5. The van der Waals surface area contributed by atoms with Crippen LogP contribution in [0.4, 0.5) is 5.13 Å². The van der Waals surface area contributed by atoms with Crippen LogP contribution in [0.2, 0.25) is 0 Å². The quantitative estimate of drug-likeness (QED) is 0.794. The number of thiazole rings is 1. The van der Waals surface area contributed by atoms with Crippen LogP contribution in [-0.2, 0) is 24.2 Å². The van der Waals surface area contributed by atoms with Crippen LogP contribution in [0.3, 0.4) is 0 Å². The lowest BCUT2D eigenvalue weighted by atomic mass is 10.0. The molecule has 2 heterocycles. The molecule has 0 unspecified atom stereocenters. The number of rotatable bonds is 3. The van der Waals surface area contributed by atoms with Gasteiger partial charge in [-0.05, 0) is 37.8 Å². The second kappa shape index (κ2) is 6.16. The molecule has 1 amide bonds. The Morgan fingerprint density at radius 1 is 1.25 bits per heavy atom. The van der Waals surface area contributed by atoms with E-state index in [0.717, 1.165) is 25.0 Å². The highest BCUT2D eigenvalue weighted by Crippen LogP contribution is 2.29. The van der Waals surface area contributed by atoms with Crippen molar-refractivity contribution in [2.75, 3.05) is 5.32 Å². The summed E-state index contributed by atoms with van der Waals surface area (Å²) in [5.41, 5.74) is 2.16. The van der Waals surface area contributed by atoms with Crippen molar-refractivity contribution < 1.29 is 4.79 Å². The Labute approximate surface area is 142 Å². The Kier molecular flexibility index (Phi) is 3.86. The minimum atomic E-state index is -0.290.